The number of oxime groups is 1. The van der Waals surface area contributed by atoms with E-state index in [0.29, 0.717) is 16.5 Å². The van der Waals surface area contributed by atoms with E-state index in [1.165, 1.54) is 0 Å². The van der Waals surface area contributed by atoms with Gasteiger partial charge in [0.05, 0.1) is 6.61 Å². The number of alkyl halides is 3. The molecule has 3 N–H and O–H groups in total. The normalized spacial score (nSPS) is 13.1. The SMILES string of the molecule is N/C(=N/O)c1cccc2c1ccn2CCOC(F)(F)F. The summed E-state index contributed by atoms with van der Waals surface area (Å²) in [7, 11) is 0. The van der Waals surface area contributed by atoms with Gasteiger partial charge in [-0.3, -0.25) is 4.74 Å². The Labute approximate surface area is 112 Å². The van der Waals surface area contributed by atoms with E-state index >= 15 is 0 Å². The molecule has 1 aromatic heterocycles. The van der Waals surface area contributed by atoms with Crippen LogP contribution in [-0.2, 0) is 11.3 Å². The Bertz CT molecular complexity index is 634. The first-order valence-electron chi connectivity index (χ1n) is 5.69. The van der Waals surface area contributed by atoms with Crippen molar-refractivity contribution in [2.24, 2.45) is 10.9 Å². The standard InChI is InChI=1S/C12H12F3N3O2/c13-12(14,15)20-7-6-18-5-4-8-9(11(16)17-19)2-1-3-10(8)18/h1-5,19H,6-7H2,(H2,16,17). The van der Waals surface area contributed by atoms with Crippen LogP contribution < -0.4 is 5.73 Å². The first kappa shape index (κ1) is 14.2. The fraction of sp³-hybridized carbons (Fsp3) is 0.250. The number of halogens is 3. The maximum Gasteiger partial charge on any atom is 0.522 e. The Morgan fingerprint density at radius 2 is 2.10 bits per heavy atom. The molecule has 0 amide bonds. The summed E-state index contributed by atoms with van der Waals surface area (Å²) in [5.41, 5.74) is 6.74. The van der Waals surface area contributed by atoms with Crippen molar-refractivity contribution in [1.29, 1.82) is 0 Å². The van der Waals surface area contributed by atoms with E-state index in [-0.39, 0.29) is 12.4 Å². The molecule has 1 heterocycles. The summed E-state index contributed by atoms with van der Waals surface area (Å²) in [6.45, 7) is -0.441. The van der Waals surface area contributed by atoms with Crippen LogP contribution in [-0.4, -0.2) is 28.6 Å². The molecule has 2 aromatic rings. The number of fused-ring (bicyclic) bond motifs is 1. The number of aromatic nitrogens is 1. The highest BCUT2D eigenvalue weighted by Gasteiger charge is 2.28. The largest absolute Gasteiger partial charge is 0.522 e. The summed E-state index contributed by atoms with van der Waals surface area (Å²) in [6, 6.07) is 6.76. The van der Waals surface area contributed by atoms with Crippen LogP contribution in [0.15, 0.2) is 35.6 Å². The quantitative estimate of drug-likeness (QED) is 0.392. The molecule has 5 nitrogen and oxygen atoms in total. The molecule has 0 aliphatic heterocycles. The first-order valence-corrected chi connectivity index (χ1v) is 5.69. The van der Waals surface area contributed by atoms with Gasteiger partial charge in [0.25, 0.3) is 0 Å². The van der Waals surface area contributed by atoms with E-state index in [2.05, 4.69) is 9.89 Å². The molecule has 1 aromatic carbocycles. The van der Waals surface area contributed by atoms with Crippen molar-refractivity contribution in [3.63, 3.8) is 0 Å². The molecule has 0 aliphatic carbocycles. The molecule has 0 aliphatic rings. The van der Waals surface area contributed by atoms with Crippen molar-refractivity contribution >= 4 is 16.7 Å². The Morgan fingerprint density at radius 3 is 2.75 bits per heavy atom. The summed E-state index contributed by atoms with van der Waals surface area (Å²) >= 11 is 0. The van der Waals surface area contributed by atoms with Gasteiger partial charge in [-0.15, -0.1) is 13.2 Å². The zero-order valence-electron chi connectivity index (χ0n) is 10.3. The maximum absolute atomic E-state index is 11.9. The van der Waals surface area contributed by atoms with E-state index < -0.39 is 13.0 Å². The Morgan fingerprint density at radius 1 is 1.35 bits per heavy atom. The number of rotatable bonds is 4. The van der Waals surface area contributed by atoms with Crippen molar-refractivity contribution in [1.82, 2.24) is 4.57 Å². The number of hydrogen-bond donors (Lipinski definition) is 2. The van der Waals surface area contributed by atoms with Gasteiger partial charge in [0.1, 0.15) is 0 Å². The molecule has 0 saturated carbocycles. The van der Waals surface area contributed by atoms with Crippen molar-refractivity contribution in [3.05, 3.63) is 36.0 Å². The molecule has 0 spiro atoms. The highest BCUT2D eigenvalue weighted by atomic mass is 19.4. The van der Waals surface area contributed by atoms with Crippen molar-refractivity contribution in [3.8, 4) is 0 Å². The van der Waals surface area contributed by atoms with Gasteiger partial charge in [-0.1, -0.05) is 17.3 Å². The molecule has 0 radical (unpaired) electrons. The Hall–Kier alpha value is -2.22. The Kier molecular flexibility index (Phi) is 3.84. The van der Waals surface area contributed by atoms with E-state index in [0.717, 1.165) is 0 Å². The molecule has 2 rings (SSSR count). The number of benzene rings is 1. The van der Waals surface area contributed by atoms with Gasteiger partial charge < -0.3 is 15.5 Å². The molecule has 0 bridgehead atoms. The van der Waals surface area contributed by atoms with Gasteiger partial charge in [0.15, 0.2) is 5.84 Å². The van der Waals surface area contributed by atoms with Crippen molar-refractivity contribution in [2.75, 3.05) is 6.61 Å². The van der Waals surface area contributed by atoms with Crippen LogP contribution in [0.5, 0.6) is 0 Å². The maximum atomic E-state index is 11.9. The van der Waals surface area contributed by atoms with E-state index in [1.807, 2.05) is 0 Å². The third-order valence-corrected chi connectivity index (χ3v) is 2.80. The highest BCUT2D eigenvalue weighted by Crippen LogP contribution is 2.21. The van der Waals surface area contributed by atoms with Gasteiger partial charge in [-0.05, 0) is 12.1 Å². The van der Waals surface area contributed by atoms with Gasteiger partial charge in [-0.2, -0.15) is 0 Å². The zero-order chi connectivity index (χ0) is 14.8. The average molecular weight is 287 g/mol. The van der Waals surface area contributed by atoms with E-state index in [9.17, 15) is 13.2 Å². The lowest BCUT2D eigenvalue weighted by atomic mass is 10.1. The number of nitrogens with zero attached hydrogens (tertiary/aromatic N) is 2. The second kappa shape index (κ2) is 5.41. The first-order chi connectivity index (χ1) is 9.42. The molecular formula is C12H12F3N3O2. The molecule has 108 valence electrons. The van der Waals surface area contributed by atoms with Crippen LogP contribution >= 0.6 is 0 Å². The minimum absolute atomic E-state index is 0.0443. The molecule has 0 unspecified atom stereocenters. The predicted molar refractivity (Wildman–Crippen MR) is 66.5 cm³/mol. The number of nitrogens with two attached hydrogens (primary N) is 1. The minimum Gasteiger partial charge on any atom is -0.409 e. The third kappa shape index (κ3) is 3.02. The van der Waals surface area contributed by atoms with Crippen LogP contribution in [0.4, 0.5) is 13.2 Å². The van der Waals surface area contributed by atoms with Crippen LogP contribution in [0.3, 0.4) is 0 Å². The topological polar surface area (TPSA) is 72.8 Å². The predicted octanol–water partition coefficient (Wildman–Crippen LogP) is 2.27. The molecular weight excluding hydrogens is 275 g/mol. The summed E-state index contributed by atoms with van der Waals surface area (Å²) < 4.78 is 41.1. The lowest BCUT2D eigenvalue weighted by molar-refractivity contribution is -0.325. The van der Waals surface area contributed by atoms with Crippen molar-refractivity contribution < 1.29 is 23.1 Å². The van der Waals surface area contributed by atoms with E-state index in [1.54, 1.807) is 35.0 Å². The van der Waals surface area contributed by atoms with Gasteiger partial charge in [0, 0.05) is 29.2 Å². The summed E-state index contributed by atoms with van der Waals surface area (Å²) in [5.74, 6) is -0.0557. The monoisotopic (exact) mass is 287 g/mol. The highest BCUT2D eigenvalue weighted by molar-refractivity contribution is 6.08. The number of amidine groups is 1. The molecule has 0 saturated heterocycles. The smallest absolute Gasteiger partial charge is 0.409 e. The molecule has 0 fully saturated rings. The lowest BCUT2D eigenvalue weighted by Crippen LogP contribution is -2.17. The number of ether oxygens (including phenoxy) is 1. The van der Waals surface area contributed by atoms with Gasteiger partial charge >= 0.3 is 6.36 Å². The summed E-state index contributed by atoms with van der Waals surface area (Å²) in [4.78, 5) is 0. The van der Waals surface area contributed by atoms with Crippen LogP contribution in [0.25, 0.3) is 10.9 Å². The van der Waals surface area contributed by atoms with Crippen LogP contribution in [0.1, 0.15) is 5.56 Å². The lowest BCUT2D eigenvalue weighted by Gasteiger charge is -2.09. The molecule has 8 heteroatoms. The molecule has 0 atom stereocenters. The second-order valence-corrected chi connectivity index (χ2v) is 4.03. The second-order valence-electron chi connectivity index (χ2n) is 4.03. The van der Waals surface area contributed by atoms with E-state index in [4.69, 9.17) is 10.9 Å². The molecule has 20 heavy (non-hydrogen) atoms. The zero-order valence-corrected chi connectivity index (χ0v) is 10.3. The number of hydrogen-bond acceptors (Lipinski definition) is 3. The van der Waals surface area contributed by atoms with Crippen LogP contribution in [0, 0.1) is 0 Å². The fourth-order valence-corrected chi connectivity index (χ4v) is 1.96. The fourth-order valence-electron chi connectivity index (χ4n) is 1.96. The minimum atomic E-state index is -4.64. The van der Waals surface area contributed by atoms with Crippen LogP contribution in [0.2, 0.25) is 0 Å². The third-order valence-electron chi connectivity index (χ3n) is 2.80. The Balaban J connectivity index is 2.25. The van der Waals surface area contributed by atoms with Gasteiger partial charge in [0.2, 0.25) is 0 Å². The van der Waals surface area contributed by atoms with Gasteiger partial charge in [-0.25, -0.2) is 0 Å². The van der Waals surface area contributed by atoms with Crippen molar-refractivity contribution in [2.45, 2.75) is 12.9 Å². The summed E-state index contributed by atoms with van der Waals surface area (Å²) in [6.07, 6.45) is -3.01. The average Bonchev–Trinajstić information content (AvgIpc) is 2.80. The summed E-state index contributed by atoms with van der Waals surface area (Å²) in [5, 5.41) is 12.3.